The predicted octanol–water partition coefficient (Wildman–Crippen LogP) is 4.25. The van der Waals surface area contributed by atoms with Crippen molar-refractivity contribution in [2.24, 2.45) is 0 Å². The minimum Gasteiger partial charge on any atom is -0.452 e. The summed E-state index contributed by atoms with van der Waals surface area (Å²) in [7, 11) is 0. The number of pyridine rings is 1. The molecule has 5 nitrogen and oxygen atoms in total. The predicted molar refractivity (Wildman–Crippen MR) is 85.6 cm³/mol. The third kappa shape index (κ3) is 3.05. The van der Waals surface area contributed by atoms with Gasteiger partial charge in [-0.25, -0.2) is 9.97 Å². The molecule has 1 N–H and O–H groups in total. The van der Waals surface area contributed by atoms with Crippen molar-refractivity contribution in [3.63, 3.8) is 0 Å². The van der Waals surface area contributed by atoms with Gasteiger partial charge in [-0.15, -0.1) is 11.3 Å². The first-order chi connectivity index (χ1) is 10.8. The SMILES string of the molecule is Cc1csc(Nc2ncccc2Oc2ccccc2C#N)n1. The van der Waals surface area contributed by atoms with E-state index in [1.54, 1.807) is 36.5 Å². The molecule has 1 aromatic carbocycles. The van der Waals surface area contributed by atoms with Crippen LogP contribution in [0.15, 0.2) is 48.0 Å². The lowest BCUT2D eigenvalue weighted by molar-refractivity contribution is 0.481. The van der Waals surface area contributed by atoms with Crippen molar-refractivity contribution in [2.45, 2.75) is 6.92 Å². The molecule has 0 amide bonds. The number of rotatable bonds is 4. The second kappa shape index (κ2) is 6.24. The van der Waals surface area contributed by atoms with E-state index < -0.39 is 0 Å². The lowest BCUT2D eigenvalue weighted by Crippen LogP contribution is -1.97. The molecule has 0 saturated heterocycles. The van der Waals surface area contributed by atoms with Crippen molar-refractivity contribution in [3.8, 4) is 17.6 Å². The number of aromatic nitrogens is 2. The molecule has 108 valence electrons. The normalized spacial score (nSPS) is 10.0. The van der Waals surface area contributed by atoms with E-state index in [4.69, 9.17) is 10.00 Å². The van der Waals surface area contributed by atoms with Crippen LogP contribution in [0.5, 0.6) is 11.5 Å². The molecular formula is C16H12N4OS. The van der Waals surface area contributed by atoms with Gasteiger partial charge in [-0.3, -0.25) is 0 Å². The molecule has 0 aliphatic heterocycles. The van der Waals surface area contributed by atoms with Crippen LogP contribution in [0.2, 0.25) is 0 Å². The number of aryl methyl sites for hydroxylation is 1. The Labute approximate surface area is 131 Å². The van der Waals surface area contributed by atoms with Crippen LogP contribution in [-0.4, -0.2) is 9.97 Å². The fourth-order valence-corrected chi connectivity index (χ4v) is 2.53. The Morgan fingerprint density at radius 3 is 2.77 bits per heavy atom. The van der Waals surface area contributed by atoms with E-state index in [1.807, 2.05) is 18.4 Å². The molecule has 0 saturated carbocycles. The molecule has 2 aromatic heterocycles. The summed E-state index contributed by atoms with van der Waals surface area (Å²) < 4.78 is 5.84. The van der Waals surface area contributed by atoms with Gasteiger partial charge < -0.3 is 10.1 Å². The number of nitrogens with one attached hydrogen (secondary N) is 1. The molecule has 0 aliphatic carbocycles. The van der Waals surface area contributed by atoms with Crippen LogP contribution in [0.25, 0.3) is 0 Å². The molecule has 0 fully saturated rings. The van der Waals surface area contributed by atoms with Crippen LogP contribution in [0, 0.1) is 18.3 Å². The van der Waals surface area contributed by atoms with Crippen LogP contribution in [-0.2, 0) is 0 Å². The fraction of sp³-hybridized carbons (Fsp3) is 0.0625. The van der Waals surface area contributed by atoms with Crippen LogP contribution >= 0.6 is 11.3 Å². The minimum atomic E-state index is 0.474. The first-order valence-corrected chi connectivity index (χ1v) is 7.45. The van der Waals surface area contributed by atoms with Crippen LogP contribution in [0.3, 0.4) is 0 Å². The maximum Gasteiger partial charge on any atom is 0.188 e. The topological polar surface area (TPSA) is 70.8 Å². The highest BCUT2D eigenvalue weighted by Gasteiger charge is 2.10. The summed E-state index contributed by atoms with van der Waals surface area (Å²) in [5.74, 6) is 1.60. The molecule has 0 unspecified atom stereocenters. The summed E-state index contributed by atoms with van der Waals surface area (Å²) in [6.45, 7) is 1.93. The molecule has 3 rings (SSSR count). The minimum absolute atomic E-state index is 0.474. The molecule has 0 spiro atoms. The van der Waals surface area contributed by atoms with Gasteiger partial charge in [-0.05, 0) is 31.2 Å². The zero-order valence-electron chi connectivity index (χ0n) is 11.8. The number of thiazole rings is 1. The summed E-state index contributed by atoms with van der Waals surface area (Å²) in [5.41, 5.74) is 1.42. The summed E-state index contributed by atoms with van der Waals surface area (Å²) in [5, 5.41) is 15.0. The Hall–Kier alpha value is -2.91. The van der Waals surface area contributed by atoms with Crippen molar-refractivity contribution < 1.29 is 4.74 Å². The number of ether oxygens (including phenoxy) is 1. The Bertz CT molecular complexity index is 838. The second-order valence-corrected chi connectivity index (χ2v) is 5.34. The van der Waals surface area contributed by atoms with Gasteiger partial charge in [0.15, 0.2) is 16.7 Å². The summed E-state index contributed by atoms with van der Waals surface area (Å²) in [6.07, 6.45) is 1.67. The van der Waals surface area contributed by atoms with E-state index >= 15 is 0 Å². The average molecular weight is 308 g/mol. The first kappa shape index (κ1) is 14.0. The molecule has 0 radical (unpaired) electrons. The largest absolute Gasteiger partial charge is 0.452 e. The molecule has 3 aromatic rings. The summed E-state index contributed by atoms with van der Waals surface area (Å²) in [6, 6.07) is 12.8. The zero-order valence-corrected chi connectivity index (χ0v) is 12.6. The lowest BCUT2D eigenvalue weighted by atomic mass is 10.2. The van der Waals surface area contributed by atoms with Crippen molar-refractivity contribution in [3.05, 3.63) is 59.2 Å². The number of anilines is 2. The second-order valence-electron chi connectivity index (χ2n) is 4.48. The first-order valence-electron chi connectivity index (χ1n) is 6.57. The Balaban J connectivity index is 1.90. The zero-order chi connectivity index (χ0) is 15.4. The molecular weight excluding hydrogens is 296 g/mol. The van der Waals surface area contributed by atoms with E-state index in [0.29, 0.717) is 22.9 Å². The van der Waals surface area contributed by atoms with E-state index in [-0.39, 0.29) is 0 Å². The quantitative estimate of drug-likeness (QED) is 0.780. The molecule has 2 heterocycles. The fourth-order valence-electron chi connectivity index (χ4n) is 1.85. The van der Waals surface area contributed by atoms with Gasteiger partial charge in [0.1, 0.15) is 11.8 Å². The van der Waals surface area contributed by atoms with Crippen LogP contribution in [0.1, 0.15) is 11.3 Å². The van der Waals surface area contributed by atoms with Gasteiger partial charge >= 0.3 is 0 Å². The number of nitrogens with zero attached hydrogens (tertiary/aromatic N) is 3. The van der Waals surface area contributed by atoms with Crippen molar-refractivity contribution in [1.82, 2.24) is 9.97 Å². The van der Waals surface area contributed by atoms with Gasteiger partial charge in [0.2, 0.25) is 0 Å². The highest BCUT2D eigenvalue weighted by Crippen LogP contribution is 2.31. The number of benzene rings is 1. The van der Waals surface area contributed by atoms with Gasteiger partial charge in [-0.1, -0.05) is 12.1 Å². The maximum absolute atomic E-state index is 9.13. The van der Waals surface area contributed by atoms with E-state index in [1.165, 1.54) is 11.3 Å². The highest BCUT2D eigenvalue weighted by atomic mass is 32.1. The van der Waals surface area contributed by atoms with Crippen molar-refractivity contribution in [1.29, 1.82) is 5.26 Å². The van der Waals surface area contributed by atoms with Gasteiger partial charge in [0.25, 0.3) is 0 Å². The maximum atomic E-state index is 9.13. The molecule has 0 bridgehead atoms. The number of hydrogen-bond acceptors (Lipinski definition) is 6. The van der Waals surface area contributed by atoms with Crippen LogP contribution < -0.4 is 10.1 Å². The lowest BCUT2D eigenvalue weighted by Gasteiger charge is -2.11. The molecule has 0 atom stereocenters. The number of hydrogen-bond donors (Lipinski definition) is 1. The smallest absolute Gasteiger partial charge is 0.188 e. The Morgan fingerprint density at radius 2 is 2.00 bits per heavy atom. The monoisotopic (exact) mass is 308 g/mol. The van der Waals surface area contributed by atoms with E-state index in [9.17, 15) is 0 Å². The Kier molecular flexibility index (Phi) is 3.99. The van der Waals surface area contributed by atoms with Crippen LogP contribution in [0.4, 0.5) is 10.9 Å². The highest BCUT2D eigenvalue weighted by molar-refractivity contribution is 7.13. The van der Waals surface area contributed by atoms with E-state index in [0.717, 1.165) is 10.8 Å². The van der Waals surface area contributed by atoms with Gasteiger partial charge in [0.05, 0.1) is 11.3 Å². The molecule has 0 aliphatic rings. The third-order valence-electron chi connectivity index (χ3n) is 2.84. The molecule has 6 heteroatoms. The van der Waals surface area contributed by atoms with Gasteiger partial charge in [0, 0.05) is 11.6 Å². The average Bonchev–Trinajstić information content (AvgIpc) is 2.95. The third-order valence-corrected chi connectivity index (χ3v) is 3.72. The Morgan fingerprint density at radius 1 is 1.18 bits per heavy atom. The van der Waals surface area contributed by atoms with Crippen molar-refractivity contribution >= 4 is 22.3 Å². The van der Waals surface area contributed by atoms with Crippen molar-refractivity contribution in [2.75, 3.05) is 5.32 Å². The molecule has 22 heavy (non-hydrogen) atoms. The number of nitriles is 1. The summed E-state index contributed by atoms with van der Waals surface area (Å²) >= 11 is 1.50. The summed E-state index contributed by atoms with van der Waals surface area (Å²) in [4.78, 5) is 8.63. The van der Waals surface area contributed by atoms with Gasteiger partial charge in [-0.2, -0.15) is 5.26 Å². The number of para-hydroxylation sites is 1. The standard InChI is InChI=1S/C16H12N4OS/c1-11-10-22-16(19-11)20-15-14(7-4-8-18-15)21-13-6-3-2-5-12(13)9-17/h2-8,10H,1H3,(H,18,19,20). The van der Waals surface area contributed by atoms with E-state index in [2.05, 4.69) is 21.4 Å².